The number of likely N-dealkylation sites (N-methyl/N-ethyl adjacent to an activating group) is 1. The third-order valence-corrected chi connectivity index (χ3v) is 4.50. The summed E-state index contributed by atoms with van der Waals surface area (Å²) in [7, 11) is 2.14. The highest BCUT2D eigenvalue weighted by molar-refractivity contribution is 8.00. The molecule has 5 heteroatoms. The van der Waals surface area contributed by atoms with Crippen LogP contribution >= 0.6 is 11.8 Å². The molecule has 15 heavy (non-hydrogen) atoms. The first kappa shape index (κ1) is 9.54. The van der Waals surface area contributed by atoms with Gasteiger partial charge in [-0.1, -0.05) is 0 Å². The van der Waals surface area contributed by atoms with Crippen LogP contribution in [0.4, 0.5) is 5.82 Å². The molecular formula is C10H16N4S. The van der Waals surface area contributed by atoms with Crippen LogP contribution in [0, 0.1) is 0 Å². The third kappa shape index (κ3) is 1.45. The molecule has 3 heterocycles. The zero-order chi connectivity index (χ0) is 10.4. The van der Waals surface area contributed by atoms with E-state index in [1.54, 1.807) is 0 Å². The van der Waals surface area contributed by atoms with Crippen molar-refractivity contribution >= 4 is 17.6 Å². The van der Waals surface area contributed by atoms with Crippen molar-refractivity contribution in [3.05, 3.63) is 11.3 Å². The maximum Gasteiger partial charge on any atom is 0.125 e. The Balaban J connectivity index is 1.96. The number of hydrogen-bond donors (Lipinski definition) is 1. The van der Waals surface area contributed by atoms with Crippen molar-refractivity contribution in [3.8, 4) is 0 Å². The maximum absolute atomic E-state index is 6.15. The molecule has 0 unspecified atom stereocenters. The summed E-state index contributed by atoms with van der Waals surface area (Å²) in [6, 6.07) is 0.547. The summed E-state index contributed by atoms with van der Waals surface area (Å²) in [6.07, 6.45) is 1.05. The zero-order valence-electron chi connectivity index (χ0n) is 8.94. The smallest absolute Gasteiger partial charge is 0.125 e. The van der Waals surface area contributed by atoms with Gasteiger partial charge in [0, 0.05) is 30.2 Å². The van der Waals surface area contributed by atoms with Gasteiger partial charge in [-0.25, -0.2) is 4.68 Å². The van der Waals surface area contributed by atoms with E-state index < -0.39 is 0 Å². The predicted octanol–water partition coefficient (Wildman–Crippen LogP) is 0.741. The molecule has 0 aliphatic carbocycles. The Hall–Kier alpha value is -0.680. The van der Waals surface area contributed by atoms with Crippen LogP contribution < -0.4 is 5.73 Å². The number of nitrogens with two attached hydrogens (primary N) is 1. The molecule has 1 saturated heterocycles. The summed E-state index contributed by atoms with van der Waals surface area (Å²) in [5.74, 6) is 3.25. The first-order valence-corrected chi connectivity index (χ1v) is 6.53. The molecule has 1 fully saturated rings. The van der Waals surface area contributed by atoms with Gasteiger partial charge < -0.3 is 10.6 Å². The molecule has 0 amide bonds. The number of nitrogen functional groups attached to an aromatic ring is 1. The summed E-state index contributed by atoms with van der Waals surface area (Å²) in [5, 5.41) is 4.66. The summed E-state index contributed by atoms with van der Waals surface area (Å²) in [4.78, 5) is 2.30. The molecular weight excluding hydrogens is 208 g/mol. The Labute approximate surface area is 93.8 Å². The molecule has 82 valence electrons. The highest BCUT2D eigenvalue weighted by atomic mass is 32.2. The minimum Gasteiger partial charge on any atom is -0.384 e. The SMILES string of the molecule is CN1CCc2c(nn(C3CSC3)c2N)C1. The van der Waals surface area contributed by atoms with E-state index in [1.807, 2.05) is 11.8 Å². The average molecular weight is 224 g/mol. The van der Waals surface area contributed by atoms with E-state index >= 15 is 0 Å². The maximum atomic E-state index is 6.15. The Kier molecular flexibility index (Phi) is 2.17. The fourth-order valence-corrected chi connectivity index (χ4v) is 2.94. The summed E-state index contributed by atoms with van der Waals surface area (Å²) in [5.41, 5.74) is 8.64. The monoisotopic (exact) mass is 224 g/mol. The van der Waals surface area contributed by atoms with Crippen molar-refractivity contribution in [2.75, 3.05) is 30.8 Å². The van der Waals surface area contributed by atoms with Gasteiger partial charge in [-0.15, -0.1) is 0 Å². The largest absolute Gasteiger partial charge is 0.384 e. The molecule has 2 aliphatic rings. The Morgan fingerprint density at radius 3 is 2.93 bits per heavy atom. The van der Waals surface area contributed by atoms with Crippen molar-refractivity contribution in [2.45, 2.75) is 19.0 Å². The summed E-state index contributed by atoms with van der Waals surface area (Å²) < 4.78 is 2.06. The van der Waals surface area contributed by atoms with Crippen LogP contribution in [-0.2, 0) is 13.0 Å². The van der Waals surface area contributed by atoms with Crippen LogP contribution in [0.1, 0.15) is 17.3 Å². The molecule has 1 aromatic heterocycles. The van der Waals surface area contributed by atoms with Gasteiger partial charge in [-0.05, 0) is 13.5 Å². The fraction of sp³-hybridized carbons (Fsp3) is 0.700. The number of nitrogens with zero attached hydrogens (tertiary/aromatic N) is 3. The molecule has 2 aliphatic heterocycles. The van der Waals surface area contributed by atoms with E-state index in [0.29, 0.717) is 6.04 Å². The van der Waals surface area contributed by atoms with Crippen LogP contribution in [0.15, 0.2) is 0 Å². The van der Waals surface area contributed by atoms with Crippen LogP contribution in [0.2, 0.25) is 0 Å². The number of thioether (sulfide) groups is 1. The number of hydrogen-bond acceptors (Lipinski definition) is 4. The third-order valence-electron chi connectivity index (χ3n) is 3.26. The second-order valence-corrected chi connectivity index (χ2v) is 5.51. The van der Waals surface area contributed by atoms with Gasteiger partial charge in [0.1, 0.15) is 5.82 Å². The van der Waals surface area contributed by atoms with E-state index in [2.05, 4.69) is 21.7 Å². The molecule has 0 saturated carbocycles. The minimum absolute atomic E-state index is 0.547. The Morgan fingerprint density at radius 1 is 1.47 bits per heavy atom. The Bertz CT molecular complexity index is 383. The minimum atomic E-state index is 0.547. The van der Waals surface area contributed by atoms with Crippen LogP contribution in [0.5, 0.6) is 0 Å². The fourth-order valence-electron chi connectivity index (χ4n) is 2.21. The molecule has 4 nitrogen and oxygen atoms in total. The van der Waals surface area contributed by atoms with E-state index in [1.165, 1.54) is 22.8 Å². The number of anilines is 1. The zero-order valence-corrected chi connectivity index (χ0v) is 9.76. The highest BCUT2D eigenvalue weighted by Gasteiger charge is 2.28. The summed E-state index contributed by atoms with van der Waals surface area (Å²) >= 11 is 1.97. The van der Waals surface area contributed by atoms with Crippen molar-refractivity contribution in [1.29, 1.82) is 0 Å². The normalized spacial score (nSPS) is 22.5. The second-order valence-electron chi connectivity index (χ2n) is 4.43. The quantitative estimate of drug-likeness (QED) is 0.764. The standard InChI is InChI=1S/C10H16N4S/c1-13-3-2-8-9(4-13)12-14(10(8)11)7-5-15-6-7/h7H,2-6,11H2,1H3. The number of aromatic nitrogens is 2. The molecule has 0 radical (unpaired) electrons. The van der Waals surface area contributed by atoms with Crippen molar-refractivity contribution in [2.24, 2.45) is 0 Å². The van der Waals surface area contributed by atoms with Crippen molar-refractivity contribution < 1.29 is 0 Å². The van der Waals surface area contributed by atoms with E-state index in [0.717, 1.165) is 25.3 Å². The van der Waals surface area contributed by atoms with E-state index in [4.69, 9.17) is 5.73 Å². The lowest BCUT2D eigenvalue weighted by Gasteiger charge is -2.26. The molecule has 0 aromatic carbocycles. The van der Waals surface area contributed by atoms with Crippen LogP contribution in [-0.4, -0.2) is 39.8 Å². The van der Waals surface area contributed by atoms with E-state index in [9.17, 15) is 0 Å². The number of rotatable bonds is 1. The molecule has 0 atom stereocenters. The Morgan fingerprint density at radius 2 is 2.27 bits per heavy atom. The van der Waals surface area contributed by atoms with Gasteiger partial charge in [0.2, 0.25) is 0 Å². The van der Waals surface area contributed by atoms with Crippen molar-refractivity contribution in [3.63, 3.8) is 0 Å². The predicted molar refractivity (Wildman–Crippen MR) is 63.0 cm³/mol. The van der Waals surface area contributed by atoms with Gasteiger partial charge in [0.25, 0.3) is 0 Å². The van der Waals surface area contributed by atoms with Gasteiger partial charge >= 0.3 is 0 Å². The first-order valence-electron chi connectivity index (χ1n) is 5.37. The highest BCUT2D eigenvalue weighted by Crippen LogP contribution is 2.33. The van der Waals surface area contributed by atoms with E-state index in [-0.39, 0.29) is 0 Å². The molecule has 0 spiro atoms. The van der Waals surface area contributed by atoms with Crippen LogP contribution in [0.25, 0.3) is 0 Å². The van der Waals surface area contributed by atoms with Crippen LogP contribution in [0.3, 0.4) is 0 Å². The van der Waals surface area contributed by atoms with Crippen molar-refractivity contribution in [1.82, 2.24) is 14.7 Å². The summed E-state index contributed by atoms with van der Waals surface area (Å²) in [6.45, 7) is 2.05. The van der Waals surface area contributed by atoms with Gasteiger partial charge in [0.15, 0.2) is 0 Å². The lowest BCUT2D eigenvalue weighted by molar-refractivity contribution is 0.308. The van der Waals surface area contributed by atoms with Gasteiger partial charge in [0.05, 0.1) is 11.7 Å². The number of fused-ring (bicyclic) bond motifs is 1. The lowest BCUT2D eigenvalue weighted by atomic mass is 10.1. The lowest BCUT2D eigenvalue weighted by Crippen LogP contribution is -2.26. The average Bonchev–Trinajstić information content (AvgIpc) is 2.41. The topological polar surface area (TPSA) is 47.1 Å². The van der Waals surface area contributed by atoms with Gasteiger partial charge in [-0.3, -0.25) is 0 Å². The molecule has 2 N–H and O–H groups in total. The first-order chi connectivity index (χ1) is 7.25. The second kappa shape index (κ2) is 3.42. The molecule has 1 aromatic rings. The molecule has 3 rings (SSSR count). The molecule has 0 bridgehead atoms. The van der Waals surface area contributed by atoms with Gasteiger partial charge in [-0.2, -0.15) is 16.9 Å².